The van der Waals surface area contributed by atoms with Crippen molar-refractivity contribution >= 4 is 35.6 Å². The van der Waals surface area contributed by atoms with Crippen LogP contribution in [0.25, 0.3) is 0 Å². The molecule has 0 aliphatic heterocycles. The number of aliphatic imine (C=N–C) groups is 1. The third-order valence-electron chi connectivity index (χ3n) is 3.05. The molecule has 0 amide bonds. The number of nitrogens with one attached hydrogen (secondary N) is 1. The van der Waals surface area contributed by atoms with E-state index in [4.69, 9.17) is 10.5 Å². The first-order valence-corrected chi connectivity index (χ1v) is 6.86. The van der Waals surface area contributed by atoms with Gasteiger partial charge in [-0.2, -0.15) is 0 Å². The van der Waals surface area contributed by atoms with Gasteiger partial charge in [-0.1, -0.05) is 25.1 Å². The van der Waals surface area contributed by atoms with E-state index in [2.05, 4.69) is 34.3 Å². The predicted molar refractivity (Wildman–Crippen MR) is 101 cm³/mol. The molecule has 1 heterocycles. The van der Waals surface area contributed by atoms with E-state index in [1.165, 1.54) is 5.56 Å². The van der Waals surface area contributed by atoms with Crippen molar-refractivity contribution in [3.63, 3.8) is 0 Å². The smallest absolute Gasteiger partial charge is 0.212 e. The number of guanidine groups is 1. The van der Waals surface area contributed by atoms with Crippen molar-refractivity contribution < 1.29 is 4.74 Å². The van der Waals surface area contributed by atoms with E-state index in [1.807, 2.05) is 18.2 Å². The van der Waals surface area contributed by atoms with Crippen LogP contribution >= 0.6 is 24.0 Å². The molecule has 5 nitrogen and oxygen atoms in total. The highest BCUT2D eigenvalue weighted by Gasteiger charge is 1.98. The van der Waals surface area contributed by atoms with Crippen LogP contribution in [0.2, 0.25) is 0 Å². The van der Waals surface area contributed by atoms with Crippen LogP contribution in [-0.4, -0.2) is 18.1 Å². The topological polar surface area (TPSA) is 72.5 Å². The van der Waals surface area contributed by atoms with Crippen molar-refractivity contribution in [3.05, 3.63) is 53.7 Å². The molecule has 0 saturated carbocycles. The SMILES string of the molecule is CCc1cccc(NC(N)=NCc2ccc(OC)nc2)c1.I. The number of hydrogen-bond donors (Lipinski definition) is 2. The molecular weight excluding hydrogens is 391 g/mol. The molecule has 0 fully saturated rings. The molecule has 1 aromatic carbocycles. The molecule has 0 atom stereocenters. The summed E-state index contributed by atoms with van der Waals surface area (Å²) in [5.74, 6) is 0.976. The highest BCUT2D eigenvalue weighted by molar-refractivity contribution is 14.0. The number of nitrogens with two attached hydrogens (primary N) is 1. The third-order valence-corrected chi connectivity index (χ3v) is 3.05. The van der Waals surface area contributed by atoms with E-state index in [0.717, 1.165) is 17.7 Å². The van der Waals surface area contributed by atoms with Gasteiger partial charge in [-0.3, -0.25) is 0 Å². The molecule has 0 unspecified atom stereocenters. The number of anilines is 1. The first kappa shape index (κ1) is 18.2. The number of hydrogen-bond acceptors (Lipinski definition) is 3. The van der Waals surface area contributed by atoms with Crippen LogP contribution in [0, 0.1) is 0 Å². The van der Waals surface area contributed by atoms with Gasteiger partial charge in [0.15, 0.2) is 5.96 Å². The average Bonchev–Trinajstić information content (AvgIpc) is 2.53. The second-order valence-corrected chi connectivity index (χ2v) is 4.59. The summed E-state index contributed by atoms with van der Waals surface area (Å²) in [4.78, 5) is 8.43. The number of aromatic nitrogens is 1. The number of halogens is 1. The Kier molecular flexibility index (Phi) is 7.65. The van der Waals surface area contributed by atoms with Gasteiger partial charge in [0.05, 0.1) is 13.7 Å². The largest absolute Gasteiger partial charge is 0.481 e. The molecule has 0 radical (unpaired) electrons. The summed E-state index contributed by atoms with van der Waals surface area (Å²) >= 11 is 0. The summed E-state index contributed by atoms with van der Waals surface area (Å²) in [5, 5.41) is 3.09. The van der Waals surface area contributed by atoms with Crippen LogP contribution in [0.5, 0.6) is 5.88 Å². The minimum absolute atomic E-state index is 0. The first-order chi connectivity index (χ1) is 10.2. The number of benzene rings is 1. The Labute approximate surface area is 148 Å². The fourth-order valence-corrected chi connectivity index (χ4v) is 1.86. The molecule has 3 N–H and O–H groups in total. The van der Waals surface area contributed by atoms with Crippen LogP contribution in [0.3, 0.4) is 0 Å². The molecule has 0 bridgehead atoms. The quantitative estimate of drug-likeness (QED) is 0.450. The standard InChI is InChI=1S/C16H20N4O.HI/c1-3-12-5-4-6-14(9-12)20-16(17)19-11-13-7-8-15(21-2)18-10-13;/h4-10H,3,11H2,1-2H3,(H3,17,19,20);1H. The van der Waals surface area contributed by atoms with Crippen LogP contribution in [-0.2, 0) is 13.0 Å². The van der Waals surface area contributed by atoms with E-state index < -0.39 is 0 Å². The van der Waals surface area contributed by atoms with Crippen LogP contribution < -0.4 is 15.8 Å². The van der Waals surface area contributed by atoms with Crippen molar-refractivity contribution in [3.8, 4) is 5.88 Å². The van der Waals surface area contributed by atoms with Gasteiger partial charge >= 0.3 is 0 Å². The number of nitrogens with zero attached hydrogens (tertiary/aromatic N) is 2. The highest BCUT2D eigenvalue weighted by Crippen LogP contribution is 2.11. The molecule has 0 aliphatic carbocycles. The van der Waals surface area contributed by atoms with Gasteiger partial charge < -0.3 is 15.8 Å². The molecule has 22 heavy (non-hydrogen) atoms. The van der Waals surface area contributed by atoms with Crippen molar-refractivity contribution in [2.75, 3.05) is 12.4 Å². The van der Waals surface area contributed by atoms with E-state index >= 15 is 0 Å². The van der Waals surface area contributed by atoms with Crippen LogP contribution in [0.1, 0.15) is 18.1 Å². The Morgan fingerprint density at radius 2 is 2.09 bits per heavy atom. The molecule has 2 rings (SSSR count). The normalized spacial score (nSPS) is 10.7. The lowest BCUT2D eigenvalue weighted by Crippen LogP contribution is -2.22. The monoisotopic (exact) mass is 412 g/mol. The van der Waals surface area contributed by atoms with Gasteiger partial charge in [0, 0.05) is 18.0 Å². The molecule has 118 valence electrons. The van der Waals surface area contributed by atoms with Gasteiger partial charge in [0.2, 0.25) is 5.88 Å². The number of ether oxygens (including phenoxy) is 1. The predicted octanol–water partition coefficient (Wildman–Crippen LogP) is 3.20. The number of methoxy groups -OCH3 is 1. The Balaban J connectivity index is 0.00000242. The molecule has 6 heteroatoms. The summed E-state index contributed by atoms with van der Waals surface area (Å²) in [5.41, 5.74) is 9.07. The highest BCUT2D eigenvalue weighted by atomic mass is 127. The van der Waals surface area contributed by atoms with Crippen molar-refractivity contribution in [2.45, 2.75) is 19.9 Å². The second-order valence-electron chi connectivity index (χ2n) is 4.59. The summed E-state index contributed by atoms with van der Waals surface area (Å²) in [6.45, 7) is 2.59. The van der Waals surface area contributed by atoms with Crippen molar-refractivity contribution in [1.29, 1.82) is 0 Å². The lowest BCUT2D eigenvalue weighted by atomic mass is 10.1. The van der Waals surface area contributed by atoms with Crippen molar-refractivity contribution in [1.82, 2.24) is 4.98 Å². The summed E-state index contributed by atoms with van der Waals surface area (Å²) in [6, 6.07) is 11.8. The molecule has 0 spiro atoms. The molecule has 1 aromatic heterocycles. The maximum absolute atomic E-state index is 5.89. The minimum atomic E-state index is 0. The molecule has 0 saturated heterocycles. The minimum Gasteiger partial charge on any atom is -0.481 e. The Bertz CT molecular complexity index is 614. The fourth-order valence-electron chi connectivity index (χ4n) is 1.86. The molecule has 2 aromatic rings. The van der Waals surface area contributed by atoms with Gasteiger partial charge in [-0.05, 0) is 29.7 Å². The zero-order chi connectivity index (χ0) is 15.1. The Morgan fingerprint density at radius 1 is 1.27 bits per heavy atom. The third kappa shape index (κ3) is 5.51. The second kappa shape index (κ2) is 9.24. The summed E-state index contributed by atoms with van der Waals surface area (Å²) in [6.07, 6.45) is 2.72. The number of pyridine rings is 1. The fraction of sp³-hybridized carbons (Fsp3) is 0.250. The van der Waals surface area contributed by atoms with E-state index in [9.17, 15) is 0 Å². The van der Waals surface area contributed by atoms with Gasteiger partial charge in [0.1, 0.15) is 0 Å². The Morgan fingerprint density at radius 3 is 2.73 bits per heavy atom. The van der Waals surface area contributed by atoms with Gasteiger partial charge in [-0.25, -0.2) is 9.98 Å². The summed E-state index contributed by atoms with van der Waals surface area (Å²) in [7, 11) is 1.59. The number of rotatable bonds is 5. The van der Waals surface area contributed by atoms with E-state index in [0.29, 0.717) is 18.4 Å². The zero-order valence-corrected chi connectivity index (χ0v) is 15.1. The first-order valence-electron chi connectivity index (χ1n) is 6.86. The van der Waals surface area contributed by atoms with Crippen LogP contribution in [0.15, 0.2) is 47.6 Å². The zero-order valence-electron chi connectivity index (χ0n) is 12.7. The maximum Gasteiger partial charge on any atom is 0.212 e. The molecule has 0 aliphatic rings. The lowest BCUT2D eigenvalue weighted by Gasteiger charge is -2.07. The maximum atomic E-state index is 5.89. The van der Waals surface area contributed by atoms with Crippen LogP contribution in [0.4, 0.5) is 5.69 Å². The van der Waals surface area contributed by atoms with Gasteiger partial charge in [0.25, 0.3) is 0 Å². The average molecular weight is 412 g/mol. The lowest BCUT2D eigenvalue weighted by molar-refractivity contribution is 0.397. The summed E-state index contributed by atoms with van der Waals surface area (Å²) < 4.78 is 5.01. The molecular formula is C16H21IN4O. The number of aryl methyl sites for hydroxylation is 1. The van der Waals surface area contributed by atoms with Crippen molar-refractivity contribution in [2.24, 2.45) is 10.7 Å². The van der Waals surface area contributed by atoms with E-state index in [1.54, 1.807) is 19.4 Å². The van der Waals surface area contributed by atoms with Gasteiger partial charge in [-0.15, -0.1) is 24.0 Å². The Hall–Kier alpha value is -1.83. The van der Waals surface area contributed by atoms with E-state index in [-0.39, 0.29) is 24.0 Å².